The van der Waals surface area contributed by atoms with Crippen LogP contribution in [0.3, 0.4) is 0 Å². The third-order valence-corrected chi connectivity index (χ3v) is 2.64. The van der Waals surface area contributed by atoms with Gasteiger partial charge in [-0.05, 0) is 30.7 Å². The maximum absolute atomic E-state index is 11.8. The summed E-state index contributed by atoms with van der Waals surface area (Å²) in [5.74, 6) is -0.292. The summed E-state index contributed by atoms with van der Waals surface area (Å²) in [7, 11) is 0. The minimum absolute atomic E-state index is 0.278. The number of amides is 1. The minimum Gasteiger partial charge on any atom is -0.321 e. The molecule has 1 N–H and O–H groups in total. The lowest BCUT2D eigenvalue weighted by atomic mass is 10.2. The molecule has 0 unspecified atom stereocenters. The molecular formula is C12H10ClN3O. The summed E-state index contributed by atoms with van der Waals surface area (Å²) in [5, 5.41) is 3.40. The largest absolute Gasteiger partial charge is 0.321 e. The van der Waals surface area contributed by atoms with Crippen molar-refractivity contribution >= 4 is 23.2 Å². The van der Waals surface area contributed by atoms with Crippen molar-refractivity contribution in [2.24, 2.45) is 0 Å². The zero-order chi connectivity index (χ0) is 12.3. The van der Waals surface area contributed by atoms with Crippen molar-refractivity contribution in [1.29, 1.82) is 0 Å². The molecule has 0 aliphatic carbocycles. The number of aromatic nitrogens is 2. The second-order valence-electron chi connectivity index (χ2n) is 3.51. The fourth-order valence-corrected chi connectivity index (χ4v) is 1.45. The first-order valence-corrected chi connectivity index (χ1v) is 5.38. The molecule has 0 bridgehead atoms. The lowest BCUT2D eigenvalue weighted by Gasteiger charge is -2.06. The Morgan fingerprint density at radius 2 is 2.18 bits per heavy atom. The molecule has 5 heteroatoms. The van der Waals surface area contributed by atoms with E-state index in [0.717, 1.165) is 5.56 Å². The van der Waals surface area contributed by atoms with Crippen molar-refractivity contribution in [3.05, 3.63) is 53.1 Å². The summed E-state index contributed by atoms with van der Waals surface area (Å²) in [4.78, 5) is 19.5. The number of anilines is 1. The van der Waals surface area contributed by atoms with E-state index in [9.17, 15) is 4.79 Å². The highest BCUT2D eigenvalue weighted by atomic mass is 35.5. The van der Waals surface area contributed by atoms with E-state index in [2.05, 4.69) is 15.3 Å². The van der Waals surface area contributed by atoms with E-state index < -0.39 is 0 Å². The van der Waals surface area contributed by atoms with Gasteiger partial charge in [-0.2, -0.15) is 0 Å². The van der Waals surface area contributed by atoms with E-state index in [1.807, 2.05) is 6.92 Å². The summed E-state index contributed by atoms with van der Waals surface area (Å²) in [6, 6.07) is 5.28. The summed E-state index contributed by atoms with van der Waals surface area (Å²) in [5.41, 5.74) is 1.87. The van der Waals surface area contributed by atoms with Crippen LogP contribution in [0.25, 0.3) is 0 Å². The molecule has 2 aromatic rings. The quantitative estimate of drug-likeness (QED) is 0.888. The van der Waals surface area contributed by atoms with Crippen LogP contribution in [-0.2, 0) is 0 Å². The first kappa shape index (κ1) is 11.5. The molecule has 0 saturated carbocycles. The number of halogens is 1. The molecule has 1 amide bonds. The molecular weight excluding hydrogens is 238 g/mol. The van der Waals surface area contributed by atoms with Crippen LogP contribution in [0.1, 0.15) is 16.1 Å². The van der Waals surface area contributed by atoms with Gasteiger partial charge >= 0.3 is 0 Å². The smallest absolute Gasteiger partial charge is 0.275 e. The number of hydrogen-bond donors (Lipinski definition) is 1. The lowest BCUT2D eigenvalue weighted by molar-refractivity contribution is 0.102. The summed E-state index contributed by atoms with van der Waals surface area (Å²) in [6.07, 6.45) is 4.41. The molecule has 1 heterocycles. The van der Waals surface area contributed by atoms with Crippen molar-refractivity contribution in [3.8, 4) is 0 Å². The van der Waals surface area contributed by atoms with Crippen LogP contribution in [0.5, 0.6) is 0 Å². The minimum atomic E-state index is -0.292. The number of carbonyl (C=O) groups is 1. The van der Waals surface area contributed by atoms with Crippen molar-refractivity contribution in [2.75, 3.05) is 5.32 Å². The molecule has 4 nitrogen and oxygen atoms in total. The van der Waals surface area contributed by atoms with Gasteiger partial charge in [0.1, 0.15) is 5.69 Å². The van der Waals surface area contributed by atoms with E-state index in [1.165, 1.54) is 18.6 Å². The molecule has 0 spiro atoms. The number of rotatable bonds is 2. The zero-order valence-electron chi connectivity index (χ0n) is 9.14. The molecule has 0 atom stereocenters. The van der Waals surface area contributed by atoms with Crippen molar-refractivity contribution < 1.29 is 4.79 Å². The molecule has 0 aliphatic heterocycles. The standard InChI is InChI=1S/C12H10ClN3O/c1-8-6-9(2-3-10(8)13)16-12(17)11-7-14-4-5-15-11/h2-7H,1H3,(H,16,17). The van der Waals surface area contributed by atoms with Gasteiger partial charge in [0, 0.05) is 23.1 Å². The van der Waals surface area contributed by atoms with Crippen LogP contribution in [0, 0.1) is 6.92 Å². The third-order valence-electron chi connectivity index (χ3n) is 2.21. The van der Waals surface area contributed by atoms with Crippen LogP contribution in [-0.4, -0.2) is 15.9 Å². The van der Waals surface area contributed by atoms with Gasteiger partial charge in [0.25, 0.3) is 5.91 Å². The number of aryl methyl sites for hydroxylation is 1. The van der Waals surface area contributed by atoms with Gasteiger partial charge in [-0.3, -0.25) is 9.78 Å². The van der Waals surface area contributed by atoms with Gasteiger partial charge in [0.2, 0.25) is 0 Å². The van der Waals surface area contributed by atoms with E-state index >= 15 is 0 Å². The fraction of sp³-hybridized carbons (Fsp3) is 0.0833. The summed E-state index contributed by atoms with van der Waals surface area (Å²) < 4.78 is 0. The maximum atomic E-state index is 11.8. The van der Waals surface area contributed by atoms with Crippen LogP contribution in [0.4, 0.5) is 5.69 Å². The zero-order valence-corrected chi connectivity index (χ0v) is 9.90. The van der Waals surface area contributed by atoms with E-state index in [0.29, 0.717) is 10.7 Å². The third kappa shape index (κ3) is 2.79. The van der Waals surface area contributed by atoms with Gasteiger partial charge in [0.05, 0.1) is 6.20 Å². The molecule has 0 radical (unpaired) electrons. The first-order chi connectivity index (χ1) is 8.16. The summed E-state index contributed by atoms with van der Waals surface area (Å²) >= 11 is 5.90. The van der Waals surface area contributed by atoms with Gasteiger partial charge in [-0.1, -0.05) is 11.6 Å². The van der Waals surface area contributed by atoms with Crippen molar-refractivity contribution in [2.45, 2.75) is 6.92 Å². The van der Waals surface area contributed by atoms with Gasteiger partial charge in [-0.15, -0.1) is 0 Å². The molecule has 1 aromatic carbocycles. The highest BCUT2D eigenvalue weighted by Gasteiger charge is 2.07. The van der Waals surface area contributed by atoms with Crippen LogP contribution in [0.2, 0.25) is 5.02 Å². The predicted octanol–water partition coefficient (Wildman–Crippen LogP) is 2.69. The number of carbonyl (C=O) groups excluding carboxylic acids is 1. The Bertz CT molecular complexity index is 543. The van der Waals surface area contributed by atoms with E-state index in [-0.39, 0.29) is 11.6 Å². The van der Waals surface area contributed by atoms with Crippen LogP contribution >= 0.6 is 11.6 Å². The average molecular weight is 248 g/mol. The number of nitrogens with zero attached hydrogens (tertiary/aromatic N) is 2. The van der Waals surface area contributed by atoms with E-state index in [1.54, 1.807) is 18.2 Å². The number of benzene rings is 1. The van der Waals surface area contributed by atoms with Crippen molar-refractivity contribution in [1.82, 2.24) is 9.97 Å². The number of hydrogen-bond acceptors (Lipinski definition) is 3. The van der Waals surface area contributed by atoms with Crippen LogP contribution < -0.4 is 5.32 Å². The Morgan fingerprint density at radius 3 is 2.82 bits per heavy atom. The van der Waals surface area contributed by atoms with Crippen molar-refractivity contribution in [3.63, 3.8) is 0 Å². The average Bonchev–Trinajstić information content (AvgIpc) is 2.35. The molecule has 17 heavy (non-hydrogen) atoms. The second kappa shape index (κ2) is 4.93. The Kier molecular flexibility index (Phi) is 3.35. The molecule has 0 aliphatic rings. The Balaban J connectivity index is 2.16. The molecule has 0 fully saturated rings. The molecule has 0 saturated heterocycles. The normalized spacial score (nSPS) is 10.0. The van der Waals surface area contributed by atoms with Gasteiger partial charge in [-0.25, -0.2) is 4.98 Å². The predicted molar refractivity (Wildman–Crippen MR) is 66.2 cm³/mol. The highest BCUT2D eigenvalue weighted by molar-refractivity contribution is 6.31. The first-order valence-electron chi connectivity index (χ1n) is 5.00. The molecule has 2 rings (SSSR count). The summed E-state index contributed by atoms with van der Waals surface area (Å²) in [6.45, 7) is 1.88. The maximum Gasteiger partial charge on any atom is 0.275 e. The lowest BCUT2D eigenvalue weighted by Crippen LogP contribution is -2.13. The van der Waals surface area contributed by atoms with Crippen LogP contribution in [0.15, 0.2) is 36.8 Å². The number of nitrogens with one attached hydrogen (secondary N) is 1. The SMILES string of the molecule is Cc1cc(NC(=O)c2cnccn2)ccc1Cl. The Morgan fingerprint density at radius 1 is 1.35 bits per heavy atom. The molecule has 1 aromatic heterocycles. The molecule has 86 valence electrons. The second-order valence-corrected chi connectivity index (χ2v) is 3.92. The highest BCUT2D eigenvalue weighted by Crippen LogP contribution is 2.19. The van der Waals surface area contributed by atoms with Gasteiger partial charge in [0.15, 0.2) is 0 Å². The Labute approximate surface area is 104 Å². The van der Waals surface area contributed by atoms with Gasteiger partial charge < -0.3 is 5.32 Å². The monoisotopic (exact) mass is 247 g/mol. The fourth-order valence-electron chi connectivity index (χ4n) is 1.33. The topological polar surface area (TPSA) is 54.9 Å². The Hall–Kier alpha value is -1.94. The van der Waals surface area contributed by atoms with E-state index in [4.69, 9.17) is 11.6 Å².